The van der Waals surface area contributed by atoms with Crippen LogP contribution in [0.3, 0.4) is 0 Å². The Morgan fingerprint density at radius 3 is 2.55 bits per heavy atom. The third kappa shape index (κ3) is 3.72. The molecule has 0 aliphatic carbocycles. The molecular weight excluding hydrogens is 406 g/mol. The Morgan fingerprint density at radius 1 is 0.939 bits per heavy atom. The SMILES string of the molecule is CC(Nc1cc(-c2cc(N3C[C@@H]4C[C@H]3CN4C)c3ccccc3n2)ccn1)c1ccccc1. The Bertz CT molecular complexity index is 1290. The first-order chi connectivity index (χ1) is 16.2. The average molecular weight is 436 g/mol. The van der Waals surface area contributed by atoms with Gasteiger partial charge in [0, 0.05) is 54.0 Å². The quantitative estimate of drug-likeness (QED) is 0.457. The number of nitrogens with one attached hydrogen (secondary N) is 1. The molecule has 33 heavy (non-hydrogen) atoms. The van der Waals surface area contributed by atoms with Crippen molar-refractivity contribution in [3.8, 4) is 11.3 Å². The molecule has 3 atom stereocenters. The number of pyridine rings is 2. The van der Waals surface area contributed by atoms with Gasteiger partial charge in [-0.3, -0.25) is 4.90 Å². The van der Waals surface area contributed by atoms with Gasteiger partial charge in [0.1, 0.15) is 5.82 Å². The van der Waals surface area contributed by atoms with E-state index in [1.165, 1.54) is 23.1 Å². The number of para-hydroxylation sites is 1. The lowest BCUT2D eigenvalue weighted by Gasteiger charge is -2.34. The highest BCUT2D eigenvalue weighted by molar-refractivity contribution is 5.94. The number of hydrogen-bond donors (Lipinski definition) is 1. The van der Waals surface area contributed by atoms with Crippen LogP contribution in [0.15, 0.2) is 79.0 Å². The minimum Gasteiger partial charge on any atom is -0.365 e. The molecule has 0 saturated carbocycles. The fraction of sp³-hybridized carbons (Fsp3) is 0.286. The van der Waals surface area contributed by atoms with Crippen molar-refractivity contribution in [3.63, 3.8) is 0 Å². The highest BCUT2D eigenvalue weighted by Crippen LogP contribution is 2.39. The van der Waals surface area contributed by atoms with Gasteiger partial charge in [0.05, 0.1) is 11.2 Å². The number of likely N-dealkylation sites (tertiary alicyclic amines) is 1. The maximum atomic E-state index is 5.04. The summed E-state index contributed by atoms with van der Waals surface area (Å²) < 4.78 is 0. The summed E-state index contributed by atoms with van der Waals surface area (Å²) in [6.45, 7) is 4.39. The number of nitrogens with zero attached hydrogens (tertiary/aromatic N) is 4. The third-order valence-corrected chi connectivity index (χ3v) is 7.24. The van der Waals surface area contributed by atoms with Crippen molar-refractivity contribution in [1.82, 2.24) is 14.9 Å². The van der Waals surface area contributed by atoms with Gasteiger partial charge in [0.25, 0.3) is 0 Å². The van der Waals surface area contributed by atoms with Crippen LogP contribution in [0.4, 0.5) is 11.5 Å². The van der Waals surface area contributed by atoms with Crippen LogP contribution in [0.2, 0.25) is 0 Å². The normalized spacial score (nSPS) is 21.0. The molecule has 1 N–H and O–H groups in total. The zero-order valence-electron chi connectivity index (χ0n) is 19.1. The number of hydrogen-bond acceptors (Lipinski definition) is 5. The van der Waals surface area contributed by atoms with Crippen molar-refractivity contribution in [1.29, 1.82) is 0 Å². The molecular formula is C28H29N5. The summed E-state index contributed by atoms with van der Waals surface area (Å²) in [6, 6.07) is 26.9. The highest BCUT2D eigenvalue weighted by atomic mass is 15.3. The Balaban J connectivity index is 1.36. The molecule has 0 radical (unpaired) electrons. The first-order valence-corrected chi connectivity index (χ1v) is 11.8. The molecule has 2 aliphatic rings. The fourth-order valence-corrected chi connectivity index (χ4v) is 5.42. The Kier molecular flexibility index (Phi) is 4.99. The molecule has 5 nitrogen and oxygen atoms in total. The van der Waals surface area contributed by atoms with Crippen molar-refractivity contribution in [2.75, 3.05) is 30.4 Å². The van der Waals surface area contributed by atoms with Gasteiger partial charge in [-0.1, -0.05) is 48.5 Å². The van der Waals surface area contributed by atoms with Crippen LogP contribution in [0.1, 0.15) is 24.9 Å². The lowest BCUT2D eigenvalue weighted by molar-refractivity contribution is 0.293. The lowest BCUT2D eigenvalue weighted by atomic mass is 10.1. The Hall–Kier alpha value is -3.44. The van der Waals surface area contributed by atoms with Crippen molar-refractivity contribution < 1.29 is 0 Å². The van der Waals surface area contributed by atoms with Crippen LogP contribution in [0.25, 0.3) is 22.2 Å². The number of aromatic nitrogens is 2. The first kappa shape index (κ1) is 20.2. The van der Waals surface area contributed by atoms with E-state index in [9.17, 15) is 0 Å². The zero-order valence-corrected chi connectivity index (χ0v) is 19.1. The van der Waals surface area contributed by atoms with Crippen LogP contribution in [-0.4, -0.2) is 47.1 Å². The van der Waals surface area contributed by atoms with Gasteiger partial charge in [-0.25, -0.2) is 9.97 Å². The molecule has 0 amide bonds. The maximum absolute atomic E-state index is 5.04. The molecule has 6 rings (SSSR count). The van der Waals surface area contributed by atoms with Crippen LogP contribution in [0.5, 0.6) is 0 Å². The largest absolute Gasteiger partial charge is 0.365 e. The van der Waals surface area contributed by atoms with E-state index in [1.807, 2.05) is 12.3 Å². The standard InChI is InChI=1S/C28H29N5/c1-19(20-8-4-3-5-9-20)30-28-14-21(12-13-29-28)26-16-27(24-10-6-7-11-25(24)31-26)33-18-22-15-23(33)17-32(22)2/h3-14,16,19,22-23H,15,17-18H2,1-2H3,(H,29,30)/t19?,22-,23-/m0/s1. The molecule has 5 heteroatoms. The summed E-state index contributed by atoms with van der Waals surface area (Å²) >= 11 is 0. The summed E-state index contributed by atoms with van der Waals surface area (Å²) in [5.74, 6) is 0.863. The van der Waals surface area contributed by atoms with Crippen LogP contribution in [0, 0.1) is 0 Å². The second-order valence-electron chi connectivity index (χ2n) is 9.39. The van der Waals surface area contributed by atoms with Crippen molar-refractivity contribution in [2.45, 2.75) is 31.5 Å². The second-order valence-corrected chi connectivity index (χ2v) is 9.39. The van der Waals surface area contributed by atoms with E-state index < -0.39 is 0 Å². The summed E-state index contributed by atoms with van der Waals surface area (Å²) in [5, 5.41) is 4.78. The summed E-state index contributed by atoms with van der Waals surface area (Å²) in [5.41, 5.74) is 5.68. The molecule has 0 spiro atoms. The number of piperazine rings is 1. The number of fused-ring (bicyclic) bond motifs is 3. The van der Waals surface area contributed by atoms with Gasteiger partial charge in [-0.15, -0.1) is 0 Å². The summed E-state index contributed by atoms with van der Waals surface area (Å²) in [6.07, 6.45) is 3.13. The van der Waals surface area contributed by atoms with E-state index in [2.05, 4.69) is 101 Å². The highest BCUT2D eigenvalue weighted by Gasteiger charge is 2.42. The molecule has 166 valence electrons. The Morgan fingerprint density at radius 2 is 1.76 bits per heavy atom. The minimum atomic E-state index is 0.172. The zero-order chi connectivity index (χ0) is 22.4. The van der Waals surface area contributed by atoms with Crippen molar-refractivity contribution >= 4 is 22.4 Å². The number of likely N-dealkylation sites (N-methyl/N-ethyl adjacent to an activating group) is 1. The van der Waals surface area contributed by atoms with Crippen LogP contribution >= 0.6 is 0 Å². The van der Waals surface area contributed by atoms with Crippen molar-refractivity contribution in [3.05, 3.63) is 84.6 Å². The van der Waals surface area contributed by atoms with E-state index in [0.29, 0.717) is 12.1 Å². The monoisotopic (exact) mass is 435 g/mol. The Labute approximate surface area is 195 Å². The van der Waals surface area contributed by atoms with Crippen LogP contribution in [-0.2, 0) is 0 Å². The summed E-state index contributed by atoms with van der Waals surface area (Å²) in [4.78, 5) is 14.7. The van der Waals surface area contributed by atoms with E-state index in [-0.39, 0.29) is 6.04 Å². The molecule has 2 aromatic heterocycles. The van der Waals surface area contributed by atoms with E-state index >= 15 is 0 Å². The predicted molar refractivity (Wildman–Crippen MR) is 136 cm³/mol. The van der Waals surface area contributed by atoms with Gasteiger partial charge in [0.2, 0.25) is 0 Å². The second kappa shape index (κ2) is 8.16. The third-order valence-electron chi connectivity index (χ3n) is 7.24. The molecule has 2 saturated heterocycles. The first-order valence-electron chi connectivity index (χ1n) is 11.8. The van der Waals surface area contributed by atoms with E-state index in [4.69, 9.17) is 4.98 Å². The molecule has 2 bridgehead atoms. The van der Waals surface area contributed by atoms with Gasteiger partial charge in [0.15, 0.2) is 0 Å². The van der Waals surface area contributed by atoms with E-state index in [0.717, 1.165) is 35.7 Å². The van der Waals surface area contributed by atoms with Gasteiger partial charge in [-0.2, -0.15) is 0 Å². The molecule has 2 aliphatic heterocycles. The van der Waals surface area contributed by atoms with E-state index in [1.54, 1.807) is 0 Å². The number of rotatable bonds is 5. The predicted octanol–water partition coefficient (Wildman–Crippen LogP) is 5.36. The topological polar surface area (TPSA) is 44.3 Å². The smallest absolute Gasteiger partial charge is 0.127 e. The molecule has 4 aromatic rings. The van der Waals surface area contributed by atoms with Crippen LogP contribution < -0.4 is 10.2 Å². The fourth-order valence-electron chi connectivity index (χ4n) is 5.42. The minimum absolute atomic E-state index is 0.172. The molecule has 4 heterocycles. The average Bonchev–Trinajstić information content (AvgIpc) is 3.44. The van der Waals surface area contributed by atoms with Gasteiger partial charge < -0.3 is 10.2 Å². The lowest BCUT2D eigenvalue weighted by Crippen LogP contribution is -2.44. The summed E-state index contributed by atoms with van der Waals surface area (Å²) in [7, 11) is 2.25. The maximum Gasteiger partial charge on any atom is 0.127 e. The molecule has 2 fully saturated rings. The van der Waals surface area contributed by atoms with Gasteiger partial charge in [-0.05, 0) is 50.2 Å². The molecule has 2 aromatic carbocycles. The van der Waals surface area contributed by atoms with Gasteiger partial charge >= 0.3 is 0 Å². The number of benzene rings is 2. The van der Waals surface area contributed by atoms with Crippen molar-refractivity contribution in [2.24, 2.45) is 0 Å². The molecule has 1 unspecified atom stereocenters. The number of anilines is 2.